The number of hydrogen-bond acceptors (Lipinski definition) is 0. The smallest absolute Gasteiger partial charge is 0.0383 e. The van der Waals surface area contributed by atoms with Crippen molar-refractivity contribution >= 4 is 0 Å². The van der Waals surface area contributed by atoms with Gasteiger partial charge in [0.2, 0.25) is 0 Å². The SMILES string of the molecule is CC1CCC(C2CCCC2)CC(C)C1. The summed E-state index contributed by atoms with van der Waals surface area (Å²) < 4.78 is 0. The van der Waals surface area contributed by atoms with Crippen molar-refractivity contribution in [2.24, 2.45) is 23.7 Å². The summed E-state index contributed by atoms with van der Waals surface area (Å²) in [6.07, 6.45) is 12.2. The quantitative estimate of drug-likeness (QED) is 0.533. The van der Waals surface area contributed by atoms with Crippen molar-refractivity contribution in [3.05, 3.63) is 0 Å². The summed E-state index contributed by atoms with van der Waals surface area (Å²) in [7, 11) is 0. The maximum Gasteiger partial charge on any atom is -0.0383 e. The van der Waals surface area contributed by atoms with E-state index in [1.165, 1.54) is 38.5 Å². The van der Waals surface area contributed by atoms with E-state index in [-0.39, 0.29) is 0 Å². The van der Waals surface area contributed by atoms with E-state index in [0.29, 0.717) is 0 Å². The zero-order valence-corrected chi connectivity index (χ0v) is 9.97. The Hall–Kier alpha value is 0. The molecule has 0 heterocycles. The minimum absolute atomic E-state index is 0.997. The largest absolute Gasteiger partial charge is 0.0625 e. The average molecular weight is 194 g/mol. The van der Waals surface area contributed by atoms with Gasteiger partial charge in [0.15, 0.2) is 0 Å². The highest BCUT2D eigenvalue weighted by molar-refractivity contribution is 4.80. The van der Waals surface area contributed by atoms with Crippen LogP contribution in [0.25, 0.3) is 0 Å². The van der Waals surface area contributed by atoms with Crippen LogP contribution in [-0.4, -0.2) is 0 Å². The van der Waals surface area contributed by atoms with Crippen molar-refractivity contribution in [1.82, 2.24) is 0 Å². The van der Waals surface area contributed by atoms with Crippen LogP contribution in [0, 0.1) is 23.7 Å². The fourth-order valence-corrected chi connectivity index (χ4v) is 3.89. The maximum atomic E-state index is 2.48. The van der Waals surface area contributed by atoms with E-state index in [1.54, 1.807) is 12.8 Å². The normalized spacial score (nSPS) is 41.1. The Balaban J connectivity index is 1.90. The Morgan fingerprint density at radius 1 is 0.643 bits per heavy atom. The van der Waals surface area contributed by atoms with Crippen molar-refractivity contribution in [2.45, 2.75) is 65.2 Å². The Morgan fingerprint density at radius 2 is 1.36 bits per heavy atom. The van der Waals surface area contributed by atoms with Crippen LogP contribution in [0.15, 0.2) is 0 Å². The van der Waals surface area contributed by atoms with E-state index in [4.69, 9.17) is 0 Å². The van der Waals surface area contributed by atoms with Gasteiger partial charge in [-0.3, -0.25) is 0 Å². The molecule has 0 saturated heterocycles. The topological polar surface area (TPSA) is 0 Å². The van der Waals surface area contributed by atoms with E-state index >= 15 is 0 Å². The second-order valence-electron chi connectivity index (χ2n) is 6.06. The van der Waals surface area contributed by atoms with Crippen molar-refractivity contribution in [1.29, 1.82) is 0 Å². The van der Waals surface area contributed by atoms with Crippen LogP contribution in [-0.2, 0) is 0 Å². The molecule has 3 atom stereocenters. The molecule has 0 aliphatic heterocycles. The second kappa shape index (κ2) is 4.68. The van der Waals surface area contributed by atoms with E-state index in [2.05, 4.69) is 13.8 Å². The maximum absolute atomic E-state index is 2.48. The predicted molar refractivity (Wildman–Crippen MR) is 62.2 cm³/mol. The van der Waals surface area contributed by atoms with Crippen LogP contribution in [0.2, 0.25) is 0 Å². The minimum Gasteiger partial charge on any atom is -0.0625 e. The van der Waals surface area contributed by atoms with Crippen molar-refractivity contribution in [2.75, 3.05) is 0 Å². The minimum atomic E-state index is 0.997. The molecule has 2 aliphatic rings. The summed E-state index contributed by atoms with van der Waals surface area (Å²) in [5, 5.41) is 0. The zero-order chi connectivity index (χ0) is 9.97. The highest BCUT2D eigenvalue weighted by Crippen LogP contribution is 2.41. The first-order chi connectivity index (χ1) is 6.75. The molecule has 0 amide bonds. The molecule has 0 aromatic rings. The van der Waals surface area contributed by atoms with E-state index in [0.717, 1.165) is 23.7 Å². The van der Waals surface area contributed by atoms with Gasteiger partial charge in [-0.1, -0.05) is 46.0 Å². The summed E-state index contributed by atoms with van der Waals surface area (Å²) in [5.74, 6) is 4.20. The van der Waals surface area contributed by atoms with Crippen LogP contribution < -0.4 is 0 Å². The first-order valence-corrected chi connectivity index (χ1v) is 6.75. The van der Waals surface area contributed by atoms with Crippen LogP contribution >= 0.6 is 0 Å². The van der Waals surface area contributed by atoms with Gasteiger partial charge in [-0.2, -0.15) is 0 Å². The molecule has 14 heavy (non-hydrogen) atoms. The van der Waals surface area contributed by atoms with E-state index < -0.39 is 0 Å². The molecular weight excluding hydrogens is 168 g/mol. The van der Waals surface area contributed by atoms with E-state index in [1.807, 2.05) is 0 Å². The van der Waals surface area contributed by atoms with Gasteiger partial charge in [-0.25, -0.2) is 0 Å². The zero-order valence-electron chi connectivity index (χ0n) is 9.97. The van der Waals surface area contributed by atoms with Crippen molar-refractivity contribution < 1.29 is 0 Å². The Labute approximate surface area is 89.5 Å². The Kier molecular flexibility index (Phi) is 3.52. The molecule has 2 fully saturated rings. The molecule has 0 spiro atoms. The lowest BCUT2D eigenvalue weighted by Crippen LogP contribution is -2.13. The van der Waals surface area contributed by atoms with Crippen LogP contribution in [0.3, 0.4) is 0 Å². The first-order valence-electron chi connectivity index (χ1n) is 6.75. The summed E-state index contributed by atoms with van der Waals surface area (Å²) in [5.41, 5.74) is 0. The third kappa shape index (κ3) is 2.52. The van der Waals surface area contributed by atoms with Gasteiger partial charge in [0, 0.05) is 0 Å². The molecule has 0 heteroatoms. The molecule has 0 nitrogen and oxygen atoms in total. The fraction of sp³-hybridized carbons (Fsp3) is 1.00. The summed E-state index contributed by atoms with van der Waals surface area (Å²) in [6, 6.07) is 0. The van der Waals surface area contributed by atoms with Gasteiger partial charge in [-0.15, -0.1) is 0 Å². The Morgan fingerprint density at radius 3 is 2.07 bits per heavy atom. The second-order valence-corrected chi connectivity index (χ2v) is 6.06. The molecule has 0 N–H and O–H groups in total. The third-order valence-corrected chi connectivity index (χ3v) is 4.61. The molecule has 82 valence electrons. The summed E-state index contributed by atoms with van der Waals surface area (Å²) in [6.45, 7) is 4.93. The lowest BCUT2D eigenvalue weighted by molar-refractivity contribution is 0.277. The molecule has 2 rings (SSSR count). The Bertz CT molecular complexity index is 167. The number of rotatable bonds is 1. The summed E-state index contributed by atoms with van der Waals surface area (Å²) in [4.78, 5) is 0. The molecule has 2 saturated carbocycles. The van der Waals surface area contributed by atoms with Crippen LogP contribution in [0.1, 0.15) is 65.2 Å². The van der Waals surface area contributed by atoms with Gasteiger partial charge >= 0.3 is 0 Å². The molecule has 2 aliphatic carbocycles. The van der Waals surface area contributed by atoms with Crippen molar-refractivity contribution in [3.63, 3.8) is 0 Å². The highest BCUT2D eigenvalue weighted by Gasteiger charge is 2.29. The fourth-order valence-electron chi connectivity index (χ4n) is 3.89. The van der Waals surface area contributed by atoms with Gasteiger partial charge < -0.3 is 0 Å². The average Bonchev–Trinajstić information content (AvgIpc) is 2.59. The molecule has 0 bridgehead atoms. The first kappa shape index (κ1) is 10.5. The van der Waals surface area contributed by atoms with Crippen LogP contribution in [0.4, 0.5) is 0 Å². The van der Waals surface area contributed by atoms with Gasteiger partial charge in [0.25, 0.3) is 0 Å². The predicted octanol–water partition coefficient (Wildman–Crippen LogP) is 4.64. The standard InChI is InChI=1S/C14H26/c1-11-7-8-14(10-12(2)9-11)13-5-3-4-6-13/h11-14H,3-10H2,1-2H3. The molecular formula is C14H26. The van der Waals surface area contributed by atoms with Gasteiger partial charge in [0.1, 0.15) is 0 Å². The monoisotopic (exact) mass is 194 g/mol. The molecule has 0 aromatic heterocycles. The molecule has 3 unspecified atom stereocenters. The van der Waals surface area contributed by atoms with Crippen LogP contribution in [0.5, 0.6) is 0 Å². The molecule has 0 aromatic carbocycles. The lowest BCUT2D eigenvalue weighted by atomic mass is 9.83. The number of hydrogen-bond donors (Lipinski definition) is 0. The third-order valence-electron chi connectivity index (χ3n) is 4.61. The van der Waals surface area contributed by atoms with Gasteiger partial charge in [0.05, 0.1) is 0 Å². The highest BCUT2D eigenvalue weighted by atomic mass is 14.3. The van der Waals surface area contributed by atoms with E-state index in [9.17, 15) is 0 Å². The lowest BCUT2D eigenvalue weighted by Gasteiger charge is -2.23. The molecule has 0 radical (unpaired) electrons. The van der Waals surface area contributed by atoms with Crippen molar-refractivity contribution in [3.8, 4) is 0 Å². The summed E-state index contributed by atoms with van der Waals surface area (Å²) >= 11 is 0. The van der Waals surface area contributed by atoms with Gasteiger partial charge in [-0.05, 0) is 42.9 Å².